The van der Waals surface area contributed by atoms with Crippen LogP contribution in [0, 0.1) is 0 Å². The Morgan fingerprint density at radius 3 is 2.61 bits per heavy atom. The minimum absolute atomic E-state index is 0.0143. The number of likely N-dealkylation sites (N-methyl/N-ethyl adjacent to an activating group) is 1. The first-order valence-electron chi connectivity index (χ1n) is 7.72. The van der Waals surface area contributed by atoms with Crippen molar-refractivity contribution in [1.82, 2.24) is 25.5 Å². The molecular formula is C17H20N6. The summed E-state index contributed by atoms with van der Waals surface area (Å²) in [5, 5.41) is 14.2. The van der Waals surface area contributed by atoms with Gasteiger partial charge in [0.1, 0.15) is 5.82 Å². The van der Waals surface area contributed by atoms with E-state index in [1.807, 2.05) is 42.5 Å². The first-order valence-corrected chi connectivity index (χ1v) is 7.72. The van der Waals surface area contributed by atoms with Crippen molar-refractivity contribution in [1.29, 1.82) is 0 Å². The fourth-order valence-electron chi connectivity index (χ4n) is 2.30. The van der Waals surface area contributed by atoms with Gasteiger partial charge in [0.05, 0.1) is 6.04 Å². The fourth-order valence-corrected chi connectivity index (χ4v) is 2.30. The van der Waals surface area contributed by atoms with Gasteiger partial charge in [0.25, 0.3) is 0 Å². The molecular weight excluding hydrogens is 288 g/mol. The van der Waals surface area contributed by atoms with E-state index in [2.05, 4.69) is 37.7 Å². The van der Waals surface area contributed by atoms with Crippen LogP contribution in [0.2, 0.25) is 0 Å². The zero-order chi connectivity index (χ0) is 15.9. The number of para-hydroxylation sites is 1. The fraction of sp³-hybridized carbons (Fsp3) is 0.235. The summed E-state index contributed by atoms with van der Waals surface area (Å²) in [5.41, 5.74) is 2.00. The summed E-state index contributed by atoms with van der Waals surface area (Å²) in [6.07, 6.45) is 3.48. The molecule has 3 rings (SSSR count). The van der Waals surface area contributed by atoms with Crippen LogP contribution in [0.5, 0.6) is 0 Å². The van der Waals surface area contributed by atoms with Crippen LogP contribution in [0.1, 0.15) is 18.8 Å². The van der Waals surface area contributed by atoms with E-state index in [-0.39, 0.29) is 6.04 Å². The largest absolute Gasteiger partial charge is 0.374 e. The third-order valence-corrected chi connectivity index (χ3v) is 3.48. The van der Waals surface area contributed by atoms with Gasteiger partial charge in [-0.25, -0.2) is 4.98 Å². The van der Waals surface area contributed by atoms with Gasteiger partial charge in [-0.1, -0.05) is 25.1 Å². The number of benzene rings is 1. The quantitative estimate of drug-likeness (QED) is 0.625. The monoisotopic (exact) mass is 308 g/mol. The molecule has 0 fully saturated rings. The minimum atomic E-state index is 0.0143. The van der Waals surface area contributed by atoms with Crippen molar-refractivity contribution in [3.63, 3.8) is 0 Å². The number of H-pyrrole nitrogens is 1. The summed E-state index contributed by atoms with van der Waals surface area (Å²) >= 11 is 0. The van der Waals surface area contributed by atoms with Crippen LogP contribution >= 0.6 is 0 Å². The van der Waals surface area contributed by atoms with Gasteiger partial charge in [0, 0.05) is 30.2 Å². The zero-order valence-electron chi connectivity index (χ0n) is 13.0. The molecule has 0 radical (unpaired) electrons. The highest BCUT2D eigenvalue weighted by atomic mass is 15.2. The number of nitrogens with zero attached hydrogens (tertiary/aromatic N) is 3. The number of anilines is 1. The Morgan fingerprint density at radius 2 is 1.87 bits per heavy atom. The number of aromatic nitrogens is 4. The van der Waals surface area contributed by atoms with Crippen molar-refractivity contribution < 1.29 is 0 Å². The Balaban J connectivity index is 1.81. The molecule has 0 aliphatic carbocycles. The first kappa shape index (κ1) is 15.2. The van der Waals surface area contributed by atoms with Gasteiger partial charge >= 0.3 is 0 Å². The van der Waals surface area contributed by atoms with Crippen LogP contribution in [0.3, 0.4) is 0 Å². The molecule has 23 heavy (non-hydrogen) atoms. The summed E-state index contributed by atoms with van der Waals surface area (Å²) in [5.74, 6) is 1.49. The lowest BCUT2D eigenvalue weighted by Crippen LogP contribution is -2.27. The van der Waals surface area contributed by atoms with Crippen LogP contribution in [0.25, 0.3) is 11.4 Å². The lowest BCUT2D eigenvalue weighted by molar-refractivity contribution is 0.619. The van der Waals surface area contributed by atoms with Gasteiger partial charge in [-0.05, 0) is 30.8 Å². The van der Waals surface area contributed by atoms with Gasteiger partial charge < -0.3 is 10.6 Å². The lowest BCUT2D eigenvalue weighted by atomic mass is 10.2. The molecule has 0 saturated carbocycles. The molecule has 2 heterocycles. The SMILES string of the molecule is CCNCC(Nc1ccccc1)c1nc(-c2ccncc2)n[nH]1. The Hall–Kier alpha value is -2.73. The average Bonchev–Trinajstić information content (AvgIpc) is 3.10. The second-order valence-corrected chi connectivity index (χ2v) is 5.15. The Bertz CT molecular complexity index is 710. The van der Waals surface area contributed by atoms with Gasteiger partial charge in [-0.3, -0.25) is 10.1 Å². The molecule has 3 aromatic rings. The smallest absolute Gasteiger partial charge is 0.181 e. The molecule has 0 bridgehead atoms. The third kappa shape index (κ3) is 3.92. The number of pyridine rings is 1. The number of aromatic amines is 1. The maximum Gasteiger partial charge on any atom is 0.181 e. The molecule has 0 aliphatic rings. The Kier molecular flexibility index (Phi) is 4.95. The molecule has 1 atom stereocenters. The van der Waals surface area contributed by atoms with Crippen LogP contribution in [0.4, 0.5) is 5.69 Å². The summed E-state index contributed by atoms with van der Waals surface area (Å²) < 4.78 is 0. The van der Waals surface area contributed by atoms with E-state index in [9.17, 15) is 0 Å². The highest BCUT2D eigenvalue weighted by molar-refractivity contribution is 5.53. The van der Waals surface area contributed by atoms with E-state index in [1.165, 1.54) is 0 Å². The third-order valence-electron chi connectivity index (χ3n) is 3.48. The summed E-state index contributed by atoms with van der Waals surface area (Å²) in [6, 6.07) is 13.9. The average molecular weight is 308 g/mol. The van der Waals surface area contributed by atoms with E-state index in [4.69, 9.17) is 0 Å². The van der Waals surface area contributed by atoms with Crippen molar-refractivity contribution in [2.75, 3.05) is 18.4 Å². The lowest BCUT2D eigenvalue weighted by Gasteiger charge is -2.17. The molecule has 6 heteroatoms. The van der Waals surface area contributed by atoms with E-state index < -0.39 is 0 Å². The zero-order valence-corrected chi connectivity index (χ0v) is 13.0. The molecule has 2 aromatic heterocycles. The normalized spacial score (nSPS) is 12.0. The second-order valence-electron chi connectivity index (χ2n) is 5.15. The van der Waals surface area contributed by atoms with Crippen molar-refractivity contribution >= 4 is 5.69 Å². The van der Waals surface area contributed by atoms with Gasteiger partial charge in [0.2, 0.25) is 0 Å². The van der Waals surface area contributed by atoms with Crippen molar-refractivity contribution in [2.45, 2.75) is 13.0 Å². The predicted molar refractivity (Wildman–Crippen MR) is 91.0 cm³/mol. The van der Waals surface area contributed by atoms with Crippen molar-refractivity contribution in [3.05, 3.63) is 60.7 Å². The van der Waals surface area contributed by atoms with E-state index in [0.29, 0.717) is 5.82 Å². The summed E-state index contributed by atoms with van der Waals surface area (Å²) in [6.45, 7) is 3.75. The second kappa shape index (κ2) is 7.51. The van der Waals surface area contributed by atoms with E-state index in [1.54, 1.807) is 12.4 Å². The van der Waals surface area contributed by atoms with E-state index >= 15 is 0 Å². The molecule has 1 unspecified atom stereocenters. The molecule has 0 aliphatic heterocycles. The minimum Gasteiger partial charge on any atom is -0.374 e. The number of nitrogens with one attached hydrogen (secondary N) is 3. The first-order chi connectivity index (χ1) is 11.4. The van der Waals surface area contributed by atoms with Gasteiger partial charge in [-0.15, -0.1) is 0 Å². The van der Waals surface area contributed by atoms with Crippen LogP contribution < -0.4 is 10.6 Å². The maximum atomic E-state index is 4.63. The Morgan fingerprint density at radius 1 is 1.09 bits per heavy atom. The standard InChI is InChI=1S/C17H20N6/c1-2-18-12-15(20-14-6-4-3-5-7-14)17-21-16(22-23-17)13-8-10-19-11-9-13/h3-11,15,18,20H,2,12H2,1H3,(H,21,22,23). The molecule has 118 valence electrons. The predicted octanol–water partition coefficient (Wildman–Crippen LogP) is 2.63. The molecule has 0 spiro atoms. The maximum absolute atomic E-state index is 4.63. The molecule has 6 nitrogen and oxygen atoms in total. The molecule has 3 N–H and O–H groups in total. The van der Waals surface area contributed by atoms with Crippen LogP contribution in [-0.4, -0.2) is 33.3 Å². The van der Waals surface area contributed by atoms with Gasteiger partial charge in [0.15, 0.2) is 5.82 Å². The molecule has 0 saturated heterocycles. The Labute approximate surface area is 135 Å². The number of hydrogen-bond acceptors (Lipinski definition) is 5. The van der Waals surface area contributed by atoms with Gasteiger partial charge in [-0.2, -0.15) is 5.10 Å². The van der Waals surface area contributed by atoms with Crippen LogP contribution in [-0.2, 0) is 0 Å². The van der Waals surface area contributed by atoms with E-state index in [0.717, 1.165) is 30.2 Å². The number of hydrogen-bond donors (Lipinski definition) is 3. The van der Waals surface area contributed by atoms with Crippen molar-refractivity contribution in [2.24, 2.45) is 0 Å². The highest BCUT2D eigenvalue weighted by Crippen LogP contribution is 2.19. The number of rotatable bonds is 7. The summed E-state index contributed by atoms with van der Waals surface area (Å²) in [4.78, 5) is 8.65. The topological polar surface area (TPSA) is 78.5 Å². The molecule has 0 amide bonds. The highest BCUT2D eigenvalue weighted by Gasteiger charge is 2.16. The van der Waals surface area contributed by atoms with Crippen LogP contribution in [0.15, 0.2) is 54.9 Å². The summed E-state index contributed by atoms with van der Waals surface area (Å²) in [7, 11) is 0. The van der Waals surface area contributed by atoms with Crippen molar-refractivity contribution in [3.8, 4) is 11.4 Å². The molecule has 1 aromatic carbocycles.